The smallest absolute Gasteiger partial charge is 0.0830 e. The fourth-order valence-corrected chi connectivity index (χ4v) is 6.29. The minimum Gasteiger partial charge on any atom is -0.381 e. The summed E-state index contributed by atoms with van der Waals surface area (Å²) < 4.78 is 18.2. The predicted molar refractivity (Wildman–Crippen MR) is 201 cm³/mol. The lowest BCUT2D eigenvalue weighted by Gasteiger charge is -2.18. The van der Waals surface area contributed by atoms with Crippen molar-refractivity contribution in [2.75, 3.05) is 33.0 Å². The third kappa shape index (κ3) is 40.0. The molecule has 3 nitrogen and oxygen atoms in total. The molecule has 0 radical (unpaired) electrons. The van der Waals surface area contributed by atoms with Gasteiger partial charge in [0, 0.05) is 26.4 Å². The highest BCUT2D eigenvalue weighted by atomic mass is 16.5. The molecule has 0 aromatic heterocycles. The van der Waals surface area contributed by atoms with Crippen LogP contribution in [0.5, 0.6) is 0 Å². The van der Waals surface area contributed by atoms with Gasteiger partial charge in [-0.15, -0.1) is 0 Å². The molecule has 0 unspecified atom stereocenters. The summed E-state index contributed by atoms with van der Waals surface area (Å²) in [4.78, 5) is 0. The summed E-state index contributed by atoms with van der Waals surface area (Å²) in [5, 5.41) is 0. The lowest BCUT2D eigenvalue weighted by Crippen LogP contribution is -2.23. The Bertz CT molecular complexity index is 496. The van der Waals surface area contributed by atoms with Gasteiger partial charge in [-0.3, -0.25) is 0 Å². The molecule has 0 aliphatic heterocycles. The van der Waals surface area contributed by atoms with Crippen LogP contribution in [0.2, 0.25) is 0 Å². The van der Waals surface area contributed by atoms with Crippen molar-refractivity contribution in [1.82, 2.24) is 0 Å². The first-order valence-electron chi connectivity index (χ1n) is 21.1. The minimum absolute atomic E-state index is 0.189. The number of unbranched alkanes of at least 4 members (excludes halogenated alkanes) is 29. The van der Waals surface area contributed by atoms with Crippen molar-refractivity contribution in [2.45, 2.75) is 239 Å². The molecule has 0 rings (SSSR count). The molecule has 0 aliphatic rings. The van der Waals surface area contributed by atoms with E-state index >= 15 is 0 Å². The van der Waals surface area contributed by atoms with Gasteiger partial charge in [-0.05, 0) is 25.7 Å². The zero-order valence-corrected chi connectivity index (χ0v) is 31.7. The van der Waals surface area contributed by atoms with Crippen LogP contribution in [-0.2, 0) is 14.2 Å². The summed E-state index contributed by atoms with van der Waals surface area (Å²) in [6, 6.07) is 0. The van der Waals surface area contributed by atoms with E-state index in [1.54, 1.807) is 0 Å². The highest BCUT2D eigenvalue weighted by Gasteiger charge is 2.10. The second-order valence-corrected chi connectivity index (χ2v) is 14.2. The van der Waals surface area contributed by atoms with E-state index in [-0.39, 0.29) is 6.10 Å². The molecule has 0 spiro atoms. The number of hydrogen-bond acceptors (Lipinski definition) is 3. The van der Waals surface area contributed by atoms with E-state index < -0.39 is 0 Å². The van der Waals surface area contributed by atoms with Crippen LogP contribution >= 0.6 is 0 Å². The number of hydrogen-bond donors (Lipinski definition) is 0. The maximum absolute atomic E-state index is 6.28. The average molecular weight is 639 g/mol. The molecule has 1 atom stereocenters. The normalized spacial score (nSPS) is 12.3. The van der Waals surface area contributed by atoms with E-state index in [0.717, 1.165) is 45.9 Å². The molecular formula is C42H86O3. The van der Waals surface area contributed by atoms with Crippen LogP contribution in [0.15, 0.2) is 0 Å². The molecule has 0 saturated heterocycles. The van der Waals surface area contributed by atoms with Crippen molar-refractivity contribution < 1.29 is 14.2 Å². The average Bonchev–Trinajstić information content (AvgIpc) is 3.05. The van der Waals surface area contributed by atoms with E-state index in [0.29, 0.717) is 0 Å². The summed E-state index contributed by atoms with van der Waals surface area (Å²) in [5.41, 5.74) is 0. The summed E-state index contributed by atoms with van der Waals surface area (Å²) in [6.07, 6.45) is 45.6. The Hall–Kier alpha value is -0.120. The molecular weight excluding hydrogens is 552 g/mol. The lowest BCUT2D eigenvalue weighted by molar-refractivity contribution is -0.0350. The maximum atomic E-state index is 6.28. The molecule has 0 bridgehead atoms. The van der Waals surface area contributed by atoms with Gasteiger partial charge < -0.3 is 14.2 Å². The third-order valence-electron chi connectivity index (χ3n) is 9.52. The summed E-state index contributed by atoms with van der Waals surface area (Å²) in [6.45, 7) is 11.0. The first-order valence-corrected chi connectivity index (χ1v) is 21.1. The Morgan fingerprint density at radius 2 is 0.600 bits per heavy atom. The Balaban J connectivity index is 3.65. The monoisotopic (exact) mass is 639 g/mol. The van der Waals surface area contributed by atoms with Crippen molar-refractivity contribution in [2.24, 2.45) is 0 Å². The highest BCUT2D eigenvalue weighted by Crippen LogP contribution is 2.15. The van der Waals surface area contributed by atoms with Crippen molar-refractivity contribution in [3.8, 4) is 0 Å². The van der Waals surface area contributed by atoms with Crippen LogP contribution < -0.4 is 0 Å². The van der Waals surface area contributed by atoms with Gasteiger partial charge >= 0.3 is 0 Å². The summed E-state index contributed by atoms with van der Waals surface area (Å²) >= 11 is 0. The zero-order valence-electron chi connectivity index (χ0n) is 31.7. The standard InChI is InChI=1S/C42H86O3/c1-4-7-10-12-14-16-18-20-22-23-24-26-28-30-32-34-38-44-41-42(36-40-43-37-9-6-3)45-39-35-33-31-29-27-25-21-19-17-15-13-11-8-5-2/h42H,4-41H2,1-3H3/t42-/m0/s1. The van der Waals surface area contributed by atoms with Gasteiger partial charge in [-0.2, -0.15) is 0 Å². The Morgan fingerprint density at radius 1 is 0.289 bits per heavy atom. The maximum Gasteiger partial charge on any atom is 0.0830 e. The van der Waals surface area contributed by atoms with Gasteiger partial charge in [0.25, 0.3) is 0 Å². The Kier molecular flexibility index (Phi) is 41.8. The molecule has 272 valence electrons. The fourth-order valence-electron chi connectivity index (χ4n) is 6.29. The second kappa shape index (κ2) is 41.9. The van der Waals surface area contributed by atoms with Crippen molar-refractivity contribution in [3.63, 3.8) is 0 Å². The van der Waals surface area contributed by atoms with Crippen LogP contribution in [0.3, 0.4) is 0 Å². The molecule has 45 heavy (non-hydrogen) atoms. The van der Waals surface area contributed by atoms with Crippen molar-refractivity contribution in [3.05, 3.63) is 0 Å². The molecule has 0 fully saturated rings. The topological polar surface area (TPSA) is 27.7 Å². The molecule has 0 amide bonds. The number of ether oxygens (including phenoxy) is 3. The SMILES string of the molecule is CCCCCCCCCCCCCCCCCCOC[C@H](CCOCCCC)OCCCCCCCCCCCCCCCC. The van der Waals surface area contributed by atoms with Gasteiger partial charge in [-0.25, -0.2) is 0 Å². The van der Waals surface area contributed by atoms with E-state index in [1.807, 2.05) is 0 Å². The van der Waals surface area contributed by atoms with Crippen LogP contribution in [0.4, 0.5) is 0 Å². The van der Waals surface area contributed by atoms with Gasteiger partial charge in [-0.1, -0.05) is 207 Å². The molecule has 0 saturated carbocycles. The van der Waals surface area contributed by atoms with Gasteiger partial charge in [0.2, 0.25) is 0 Å². The molecule has 0 N–H and O–H groups in total. The summed E-state index contributed by atoms with van der Waals surface area (Å²) in [7, 11) is 0. The van der Waals surface area contributed by atoms with E-state index in [4.69, 9.17) is 14.2 Å². The highest BCUT2D eigenvalue weighted by molar-refractivity contribution is 4.58. The molecule has 0 aliphatic carbocycles. The van der Waals surface area contributed by atoms with Crippen LogP contribution in [0.25, 0.3) is 0 Å². The third-order valence-corrected chi connectivity index (χ3v) is 9.52. The second-order valence-electron chi connectivity index (χ2n) is 14.2. The molecule has 0 aromatic rings. The predicted octanol–water partition coefficient (Wildman–Crippen LogP) is 14.3. The zero-order chi connectivity index (χ0) is 32.6. The van der Waals surface area contributed by atoms with Gasteiger partial charge in [0.15, 0.2) is 0 Å². The molecule has 0 aromatic carbocycles. The molecule has 0 heterocycles. The van der Waals surface area contributed by atoms with E-state index in [2.05, 4.69) is 20.8 Å². The quantitative estimate of drug-likeness (QED) is 0.0624. The van der Waals surface area contributed by atoms with Crippen molar-refractivity contribution in [1.29, 1.82) is 0 Å². The van der Waals surface area contributed by atoms with Crippen molar-refractivity contribution >= 4 is 0 Å². The van der Waals surface area contributed by atoms with E-state index in [1.165, 1.54) is 199 Å². The summed E-state index contributed by atoms with van der Waals surface area (Å²) in [5.74, 6) is 0. The first kappa shape index (κ1) is 44.9. The van der Waals surface area contributed by atoms with Crippen LogP contribution in [0, 0.1) is 0 Å². The first-order chi connectivity index (χ1) is 22.3. The Labute approximate surface area is 285 Å². The fraction of sp³-hybridized carbons (Fsp3) is 1.00. The minimum atomic E-state index is 0.189. The Morgan fingerprint density at radius 3 is 0.978 bits per heavy atom. The van der Waals surface area contributed by atoms with Gasteiger partial charge in [0.05, 0.1) is 12.7 Å². The largest absolute Gasteiger partial charge is 0.381 e. The van der Waals surface area contributed by atoms with Gasteiger partial charge in [0.1, 0.15) is 0 Å². The van der Waals surface area contributed by atoms with Crippen LogP contribution in [0.1, 0.15) is 233 Å². The van der Waals surface area contributed by atoms with E-state index in [9.17, 15) is 0 Å². The lowest BCUT2D eigenvalue weighted by atomic mass is 10.0. The number of rotatable bonds is 41. The van der Waals surface area contributed by atoms with Crippen LogP contribution in [-0.4, -0.2) is 39.1 Å². The molecule has 3 heteroatoms.